The molecule has 1 aliphatic heterocycles. The van der Waals surface area contributed by atoms with E-state index in [2.05, 4.69) is 15.9 Å². The number of benzene rings is 2. The van der Waals surface area contributed by atoms with Gasteiger partial charge in [-0.1, -0.05) is 51.8 Å². The van der Waals surface area contributed by atoms with Crippen LogP contribution in [-0.4, -0.2) is 25.2 Å². The van der Waals surface area contributed by atoms with Gasteiger partial charge in [0.25, 0.3) is 10.0 Å². The molecule has 1 aliphatic rings. The molecule has 0 radical (unpaired) electrons. The number of carbonyl (C=O) groups is 1. The fraction of sp³-hybridized carbons (Fsp3) is 0.235. The second kappa shape index (κ2) is 6.09. The number of sulfonamides is 1. The summed E-state index contributed by atoms with van der Waals surface area (Å²) in [7, 11) is -3.79. The zero-order chi connectivity index (χ0) is 16.6. The van der Waals surface area contributed by atoms with Crippen LogP contribution in [0.1, 0.15) is 23.5 Å². The molecule has 23 heavy (non-hydrogen) atoms. The Morgan fingerprint density at radius 3 is 2.39 bits per heavy atom. The van der Waals surface area contributed by atoms with E-state index < -0.39 is 10.0 Å². The molecule has 3 rings (SSSR count). The minimum absolute atomic E-state index is 0.127. The minimum Gasteiger partial charge on any atom is -0.274 e. The fourth-order valence-electron chi connectivity index (χ4n) is 2.76. The number of hydrogen-bond acceptors (Lipinski definition) is 3. The number of rotatable bonds is 3. The molecule has 1 saturated heterocycles. The van der Waals surface area contributed by atoms with Crippen LogP contribution in [0.4, 0.5) is 0 Å². The van der Waals surface area contributed by atoms with Crippen molar-refractivity contribution in [3.8, 4) is 0 Å². The van der Waals surface area contributed by atoms with Crippen molar-refractivity contribution in [1.82, 2.24) is 4.31 Å². The molecule has 2 aromatic carbocycles. The first-order chi connectivity index (χ1) is 10.9. The molecule has 0 bridgehead atoms. The third kappa shape index (κ3) is 3.05. The summed E-state index contributed by atoms with van der Waals surface area (Å²) >= 11 is 3.47. The topological polar surface area (TPSA) is 54.5 Å². The van der Waals surface area contributed by atoms with Crippen LogP contribution >= 0.6 is 15.9 Å². The highest BCUT2D eigenvalue weighted by atomic mass is 79.9. The molecule has 2 aromatic rings. The number of halogens is 1. The maximum absolute atomic E-state index is 12.7. The normalized spacial score (nSPS) is 18.4. The van der Waals surface area contributed by atoms with Gasteiger partial charge in [0.1, 0.15) is 0 Å². The van der Waals surface area contributed by atoms with Crippen LogP contribution in [0, 0.1) is 6.92 Å². The largest absolute Gasteiger partial charge is 0.274 e. The first-order valence-corrected chi connectivity index (χ1v) is 9.49. The van der Waals surface area contributed by atoms with E-state index in [4.69, 9.17) is 0 Å². The van der Waals surface area contributed by atoms with Crippen LogP contribution in [-0.2, 0) is 14.8 Å². The summed E-state index contributed by atoms with van der Waals surface area (Å²) in [6.07, 6.45) is 0.202. The maximum Gasteiger partial charge on any atom is 0.266 e. The molecule has 6 heteroatoms. The number of aryl methyl sites for hydroxylation is 1. The van der Waals surface area contributed by atoms with E-state index in [1.54, 1.807) is 24.3 Å². The zero-order valence-corrected chi connectivity index (χ0v) is 15.0. The minimum atomic E-state index is -3.79. The van der Waals surface area contributed by atoms with Gasteiger partial charge in [-0.15, -0.1) is 0 Å². The van der Waals surface area contributed by atoms with Crippen LogP contribution in [0.5, 0.6) is 0 Å². The smallest absolute Gasteiger partial charge is 0.266 e. The summed E-state index contributed by atoms with van der Waals surface area (Å²) in [6.45, 7) is 2.07. The van der Waals surface area contributed by atoms with Gasteiger partial charge in [-0.05, 0) is 30.7 Å². The van der Waals surface area contributed by atoms with Crippen molar-refractivity contribution >= 4 is 31.9 Å². The lowest BCUT2D eigenvalue weighted by atomic mass is 9.99. The Kier molecular flexibility index (Phi) is 4.29. The Morgan fingerprint density at radius 2 is 1.74 bits per heavy atom. The summed E-state index contributed by atoms with van der Waals surface area (Å²) in [5, 5.41) is 0. The molecule has 0 spiro atoms. The predicted octanol–water partition coefficient (Wildman–Crippen LogP) is 3.46. The lowest BCUT2D eigenvalue weighted by Gasteiger charge is -2.17. The van der Waals surface area contributed by atoms with Gasteiger partial charge in [0.15, 0.2) is 0 Å². The lowest BCUT2D eigenvalue weighted by molar-refractivity contribution is -0.123. The van der Waals surface area contributed by atoms with Gasteiger partial charge >= 0.3 is 0 Å². The fourth-order valence-corrected chi connectivity index (χ4v) is 4.83. The molecule has 120 valence electrons. The molecule has 1 amide bonds. The van der Waals surface area contributed by atoms with E-state index in [9.17, 15) is 13.2 Å². The van der Waals surface area contributed by atoms with Gasteiger partial charge in [0.05, 0.1) is 4.90 Å². The summed E-state index contributed by atoms with van der Waals surface area (Å²) in [5.74, 6) is -0.482. The van der Waals surface area contributed by atoms with Crippen molar-refractivity contribution in [2.45, 2.75) is 24.2 Å². The molecular formula is C17H16BrNO3S. The average molecular weight is 394 g/mol. The van der Waals surface area contributed by atoms with E-state index in [1.165, 1.54) is 0 Å². The van der Waals surface area contributed by atoms with Crippen molar-refractivity contribution in [3.63, 3.8) is 0 Å². The summed E-state index contributed by atoms with van der Waals surface area (Å²) in [5.41, 5.74) is 1.94. The molecule has 1 atom stereocenters. The third-order valence-electron chi connectivity index (χ3n) is 4.04. The van der Waals surface area contributed by atoms with E-state index in [0.717, 1.165) is 19.9 Å². The van der Waals surface area contributed by atoms with Gasteiger partial charge in [-0.2, -0.15) is 0 Å². The van der Waals surface area contributed by atoms with E-state index in [-0.39, 0.29) is 29.7 Å². The molecule has 0 saturated carbocycles. The van der Waals surface area contributed by atoms with E-state index in [1.807, 2.05) is 31.2 Å². The van der Waals surface area contributed by atoms with Crippen molar-refractivity contribution < 1.29 is 13.2 Å². The molecule has 0 N–H and O–H groups in total. The Hall–Kier alpha value is -1.66. The summed E-state index contributed by atoms with van der Waals surface area (Å²) in [6, 6.07) is 14.2. The van der Waals surface area contributed by atoms with E-state index >= 15 is 0 Å². The highest BCUT2D eigenvalue weighted by Crippen LogP contribution is 2.35. The Morgan fingerprint density at radius 1 is 1.09 bits per heavy atom. The van der Waals surface area contributed by atoms with Crippen LogP contribution < -0.4 is 0 Å². The second-order valence-electron chi connectivity index (χ2n) is 5.67. The SMILES string of the molecule is Cc1ccc(S(=O)(=O)N2C[C@@H](c3ccccc3Br)CC2=O)cc1. The summed E-state index contributed by atoms with van der Waals surface area (Å²) < 4.78 is 27.3. The van der Waals surface area contributed by atoms with Crippen LogP contribution in [0.15, 0.2) is 57.9 Å². The van der Waals surface area contributed by atoms with E-state index in [0.29, 0.717) is 0 Å². The monoisotopic (exact) mass is 393 g/mol. The van der Waals surface area contributed by atoms with Gasteiger partial charge in [-0.3, -0.25) is 4.79 Å². The molecule has 0 unspecified atom stereocenters. The first kappa shape index (κ1) is 16.2. The highest BCUT2D eigenvalue weighted by Gasteiger charge is 2.39. The summed E-state index contributed by atoms with van der Waals surface area (Å²) in [4.78, 5) is 12.4. The van der Waals surface area contributed by atoms with Crippen molar-refractivity contribution in [1.29, 1.82) is 0 Å². The lowest BCUT2D eigenvalue weighted by Crippen LogP contribution is -2.32. The van der Waals surface area contributed by atoms with Crippen molar-refractivity contribution in [3.05, 3.63) is 64.1 Å². The Labute approximate surface area is 144 Å². The molecule has 1 fully saturated rings. The highest BCUT2D eigenvalue weighted by molar-refractivity contribution is 9.10. The maximum atomic E-state index is 12.7. The van der Waals surface area contributed by atoms with Crippen LogP contribution in [0.2, 0.25) is 0 Å². The predicted molar refractivity (Wildman–Crippen MR) is 91.6 cm³/mol. The van der Waals surface area contributed by atoms with Crippen molar-refractivity contribution in [2.75, 3.05) is 6.54 Å². The second-order valence-corrected chi connectivity index (χ2v) is 8.38. The van der Waals surface area contributed by atoms with Gasteiger partial charge in [0.2, 0.25) is 5.91 Å². The quantitative estimate of drug-likeness (QED) is 0.801. The molecule has 0 aromatic heterocycles. The third-order valence-corrected chi connectivity index (χ3v) is 6.56. The zero-order valence-electron chi connectivity index (χ0n) is 12.6. The number of carbonyl (C=O) groups excluding carboxylic acids is 1. The number of amides is 1. The van der Waals surface area contributed by atoms with Gasteiger partial charge < -0.3 is 0 Å². The molecular weight excluding hydrogens is 378 g/mol. The number of hydrogen-bond donors (Lipinski definition) is 0. The average Bonchev–Trinajstić information content (AvgIpc) is 2.90. The van der Waals surface area contributed by atoms with Gasteiger partial charge in [-0.25, -0.2) is 12.7 Å². The van der Waals surface area contributed by atoms with Crippen LogP contribution in [0.3, 0.4) is 0 Å². The first-order valence-electron chi connectivity index (χ1n) is 7.26. The van der Waals surface area contributed by atoms with Crippen LogP contribution in [0.25, 0.3) is 0 Å². The Bertz CT molecular complexity index is 846. The molecule has 4 nitrogen and oxygen atoms in total. The molecule has 0 aliphatic carbocycles. The Balaban J connectivity index is 1.91. The van der Waals surface area contributed by atoms with Crippen molar-refractivity contribution in [2.24, 2.45) is 0 Å². The van der Waals surface area contributed by atoms with Gasteiger partial charge in [0, 0.05) is 23.4 Å². The standard InChI is InChI=1S/C17H16BrNO3S/c1-12-6-8-14(9-7-12)23(21,22)19-11-13(10-17(19)20)15-4-2-3-5-16(15)18/h2-9,13H,10-11H2,1H3/t13-/m0/s1. The molecule has 1 heterocycles. The number of nitrogens with zero attached hydrogens (tertiary/aromatic N) is 1.